The molecule has 0 rings (SSSR count). The molecule has 0 aromatic rings. The van der Waals surface area contributed by atoms with Gasteiger partial charge in [0, 0.05) is 0 Å². The second-order valence-electron chi connectivity index (χ2n) is 4.38. The van der Waals surface area contributed by atoms with Crippen LogP contribution in [0.25, 0.3) is 0 Å². The van der Waals surface area contributed by atoms with Crippen molar-refractivity contribution in [1.82, 2.24) is 0 Å². The number of alkyl halides is 16. The Morgan fingerprint density at radius 3 is 1.12 bits per heavy atom. The lowest BCUT2D eigenvalue weighted by Crippen LogP contribution is -2.71. The molecule has 0 saturated heterocycles. The van der Waals surface area contributed by atoms with Gasteiger partial charge in [-0.3, -0.25) is 4.74 Å². The summed E-state index contributed by atoms with van der Waals surface area (Å²) in [5, 5.41) is 8.09. The first-order valence-electron chi connectivity index (χ1n) is 5.26. The van der Waals surface area contributed by atoms with Gasteiger partial charge in [0.2, 0.25) is 6.10 Å². The van der Waals surface area contributed by atoms with Crippen LogP contribution in [-0.4, -0.2) is 53.5 Å². The van der Waals surface area contributed by atoms with Gasteiger partial charge in [0.05, 0.1) is 0 Å². The molecule has 26 heavy (non-hydrogen) atoms. The zero-order chi connectivity index (χ0) is 21.8. The van der Waals surface area contributed by atoms with Gasteiger partial charge >= 0.3 is 42.3 Å². The van der Waals surface area contributed by atoms with Crippen molar-refractivity contribution in [1.29, 1.82) is 0 Å². The van der Waals surface area contributed by atoms with Crippen molar-refractivity contribution in [2.24, 2.45) is 0 Å². The molecule has 0 aliphatic rings. The fourth-order valence-corrected chi connectivity index (χ4v) is 1.23. The summed E-state index contributed by atoms with van der Waals surface area (Å²) in [7, 11) is 0. The summed E-state index contributed by atoms with van der Waals surface area (Å²) >= 11 is 0. The van der Waals surface area contributed by atoms with Crippen molar-refractivity contribution >= 4 is 0 Å². The smallest absolute Gasteiger partial charge is 0.353 e. The van der Waals surface area contributed by atoms with E-state index in [1.807, 2.05) is 0 Å². The van der Waals surface area contributed by atoms with Crippen LogP contribution < -0.4 is 0 Å². The highest BCUT2D eigenvalue weighted by Gasteiger charge is 2.87. The monoisotopic (exact) mass is 434 g/mol. The maximum Gasteiger partial charge on any atom is 0.523 e. The first-order valence-corrected chi connectivity index (χ1v) is 5.26. The summed E-state index contributed by atoms with van der Waals surface area (Å²) in [4.78, 5) is 0. The Bertz CT molecular complexity index is 496. The Balaban J connectivity index is 6.58. The average molecular weight is 434 g/mol. The van der Waals surface area contributed by atoms with E-state index in [1.54, 1.807) is 4.74 Å². The average Bonchev–Trinajstić information content (AvgIpc) is 2.31. The minimum atomic E-state index is -8.13. The summed E-state index contributed by atoms with van der Waals surface area (Å²) in [6.45, 7) is 0. The van der Waals surface area contributed by atoms with Crippen molar-refractivity contribution < 1.29 is 80.1 Å². The Hall–Kier alpha value is -1.20. The number of aliphatic hydroxyl groups is 1. The number of halogens is 16. The molecule has 2 nitrogen and oxygen atoms in total. The van der Waals surface area contributed by atoms with Crippen molar-refractivity contribution in [3.05, 3.63) is 0 Å². The zero-order valence-corrected chi connectivity index (χ0v) is 11.0. The summed E-state index contributed by atoms with van der Waals surface area (Å²) < 4.78 is 199. The van der Waals surface area contributed by atoms with E-state index in [9.17, 15) is 70.2 Å². The molecule has 1 N–H and O–H groups in total. The van der Waals surface area contributed by atoms with Gasteiger partial charge in [-0.2, -0.15) is 57.1 Å². The molecular weight excluding hydrogens is 432 g/mol. The number of rotatable bonds is 5. The highest BCUT2D eigenvalue weighted by molar-refractivity contribution is 5.08. The number of hydrogen-bond donors (Lipinski definition) is 1. The molecule has 0 saturated carbocycles. The van der Waals surface area contributed by atoms with E-state index in [4.69, 9.17) is 5.11 Å². The van der Waals surface area contributed by atoms with Gasteiger partial charge in [-0.25, -0.2) is 0 Å². The minimum Gasteiger partial charge on any atom is -0.353 e. The predicted molar refractivity (Wildman–Crippen MR) is 43.9 cm³/mol. The molecule has 0 amide bonds. The molecule has 158 valence electrons. The lowest BCUT2D eigenvalue weighted by molar-refractivity contribution is -0.472. The van der Waals surface area contributed by atoms with E-state index < -0.39 is 48.4 Å². The molecule has 0 bridgehead atoms. The second kappa shape index (κ2) is 6.16. The standard InChI is InChI=1S/C8H2F16O2/c9-2(10,4(12,13)5(14,15)7(19,20)21)1(26-8(22,23)24)3(11,25)6(16,17)18/h1,25H. The van der Waals surface area contributed by atoms with Crippen LogP contribution in [0.4, 0.5) is 70.2 Å². The van der Waals surface area contributed by atoms with Crippen LogP contribution in [0.2, 0.25) is 0 Å². The number of ether oxygens (including phenoxy) is 1. The van der Waals surface area contributed by atoms with Crippen LogP contribution in [-0.2, 0) is 4.74 Å². The summed E-state index contributed by atoms with van der Waals surface area (Å²) in [5.74, 6) is -31.1. The van der Waals surface area contributed by atoms with Gasteiger partial charge in [-0.1, -0.05) is 0 Å². The molecule has 0 spiro atoms. The Kier molecular flexibility index (Phi) is 5.88. The molecule has 0 fully saturated rings. The molecule has 2 atom stereocenters. The van der Waals surface area contributed by atoms with Crippen LogP contribution >= 0.6 is 0 Å². The van der Waals surface area contributed by atoms with Crippen molar-refractivity contribution in [2.45, 2.75) is 48.4 Å². The third kappa shape index (κ3) is 4.04. The first kappa shape index (κ1) is 24.8. The molecular formula is C8H2F16O2. The Morgan fingerprint density at radius 2 is 0.885 bits per heavy atom. The molecule has 18 heteroatoms. The van der Waals surface area contributed by atoms with Gasteiger partial charge in [0.25, 0.3) is 0 Å². The maximum absolute atomic E-state index is 13.2. The topological polar surface area (TPSA) is 29.5 Å². The van der Waals surface area contributed by atoms with Gasteiger partial charge in [0.1, 0.15) is 0 Å². The summed E-state index contributed by atoms with van der Waals surface area (Å²) in [6, 6.07) is 0. The van der Waals surface area contributed by atoms with E-state index in [2.05, 4.69) is 0 Å². The van der Waals surface area contributed by atoms with Crippen LogP contribution in [0.3, 0.4) is 0 Å². The first-order chi connectivity index (χ1) is 10.8. The van der Waals surface area contributed by atoms with Crippen LogP contribution in [0.1, 0.15) is 0 Å². The Labute approximate surface area is 130 Å². The molecule has 0 aromatic heterocycles. The highest BCUT2D eigenvalue weighted by atomic mass is 19.4. The molecule has 0 aromatic carbocycles. The molecule has 2 unspecified atom stereocenters. The maximum atomic E-state index is 13.2. The SMILES string of the molecule is OC(F)(C(OC(F)(F)F)C(F)(F)C(F)(F)C(F)(F)C(F)(F)F)C(F)(F)F. The molecule has 0 heterocycles. The van der Waals surface area contributed by atoms with E-state index in [0.29, 0.717) is 0 Å². The van der Waals surface area contributed by atoms with E-state index >= 15 is 0 Å². The van der Waals surface area contributed by atoms with Crippen LogP contribution in [0.5, 0.6) is 0 Å². The number of hydrogen-bond acceptors (Lipinski definition) is 2. The quantitative estimate of drug-likeness (QED) is 0.643. The van der Waals surface area contributed by atoms with Crippen molar-refractivity contribution in [2.75, 3.05) is 0 Å². The molecule has 0 aliphatic heterocycles. The predicted octanol–water partition coefficient (Wildman–Crippen LogP) is 4.58. The normalized spacial score (nSPS) is 19.3. The van der Waals surface area contributed by atoms with Crippen molar-refractivity contribution in [3.8, 4) is 0 Å². The minimum absolute atomic E-state index is 1.61. The fourth-order valence-electron chi connectivity index (χ4n) is 1.23. The zero-order valence-electron chi connectivity index (χ0n) is 11.0. The lowest BCUT2D eigenvalue weighted by Gasteiger charge is -2.40. The Morgan fingerprint density at radius 1 is 0.538 bits per heavy atom. The third-order valence-electron chi connectivity index (χ3n) is 2.49. The van der Waals surface area contributed by atoms with Gasteiger partial charge in [0.15, 0.2) is 0 Å². The van der Waals surface area contributed by atoms with E-state index in [-0.39, 0.29) is 0 Å². The second-order valence-corrected chi connectivity index (χ2v) is 4.38. The largest absolute Gasteiger partial charge is 0.523 e. The highest BCUT2D eigenvalue weighted by Crippen LogP contribution is 2.57. The fraction of sp³-hybridized carbons (Fsp3) is 1.00. The lowest BCUT2D eigenvalue weighted by atomic mass is 9.94. The van der Waals surface area contributed by atoms with Gasteiger partial charge in [-0.05, 0) is 0 Å². The summed E-state index contributed by atoms with van der Waals surface area (Å²) in [6.07, 6.45) is -28.1. The van der Waals surface area contributed by atoms with Crippen LogP contribution in [0.15, 0.2) is 0 Å². The summed E-state index contributed by atoms with van der Waals surface area (Å²) in [5.41, 5.74) is 0. The van der Waals surface area contributed by atoms with E-state index in [1.165, 1.54) is 0 Å². The van der Waals surface area contributed by atoms with Gasteiger partial charge in [-0.15, -0.1) is 13.2 Å². The van der Waals surface area contributed by atoms with Gasteiger partial charge < -0.3 is 5.11 Å². The molecule has 0 radical (unpaired) electrons. The van der Waals surface area contributed by atoms with Crippen molar-refractivity contribution in [3.63, 3.8) is 0 Å². The van der Waals surface area contributed by atoms with Crippen LogP contribution in [0, 0.1) is 0 Å². The van der Waals surface area contributed by atoms with E-state index in [0.717, 1.165) is 0 Å². The third-order valence-corrected chi connectivity index (χ3v) is 2.49. The molecule has 0 aliphatic carbocycles.